The van der Waals surface area contributed by atoms with E-state index in [1.54, 1.807) is 6.42 Å². The molecule has 4 bridgehead atoms. The maximum atomic E-state index is 6.50. The van der Waals surface area contributed by atoms with Gasteiger partial charge in [-0.05, 0) is 93.5 Å². The first kappa shape index (κ1) is 14.5. The Bertz CT molecular complexity index is 372. The van der Waals surface area contributed by atoms with Crippen LogP contribution < -0.4 is 5.73 Å². The summed E-state index contributed by atoms with van der Waals surface area (Å²) in [5, 5.41) is 0. The Labute approximate surface area is 130 Å². The zero-order valence-corrected chi connectivity index (χ0v) is 14.1. The van der Waals surface area contributed by atoms with Gasteiger partial charge >= 0.3 is 0 Å². The van der Waals surface area contributed by atoms with Gasteiger partial charge in [0.25, 0.3) is 0 Å². The van der Waals surface area contributed by atoms with Crippen molar-refractivity contribution < 1.29 is 0 Å². The van der Waals surface area contributed by atoms with Crippen molar-refractivity contribution in [2.24, 2.45) is 34.8 Å². The number of likely N-dealkylation sites (tertiary alicyclic amines) is 1. The Balaban J connectivity index is 1.61. The smallest absolute Gasteiger partial charge is 0.0388 e. The van der Waals surface area contributed by atoms with E-state index in [0.29, 0.717) is 11.0 Å². The van der Waals surface area contributed by atoms with Crippen LogP contribution >= 0.6 is 0 Å². The molecule has 0 aromatic heterocycles. The Hall–Kier alpha value is -0.0800. The second-order valence-corrected chi connectivity index (χ2v) is 9.50. The second kappa shape index (κ2) is 4.96. The highest BCUT2D eigenvalue weighted by molar-refractivity contribution is 5.13. The largest absolute Gasteiger partial charge is 0.329 e. The van der Waals surface area contributed by atoms with Gasteiger partial charge in [0.15, 0.2) is 0 Å². The van der Waals surface area contributed by atoms with Crippen LogP contribution in [0, 0.1) is 29.1 Å². The molecule has 5 rings (SSSR count). The van der Waals surface area contributed by atoms with E-state index in [-0.39, 0.29) is 0 Å². The Morgan fingerprint density at radius 2 is 1.52 bits per heavy atom. The first-order valence-electron chi connectivity index (χ1n) is 9.48. The van der Waals surface area contributed by atoms with Crippen LogP contribution in [0.5, 0.6) is 0 Å². The van der Waals surface area contributed by atoms with Crippen molar-refractivity contribution in [2.75, 3.05) is 19.6 Å². The molecular formula is C19H34N2. The molecule has 0 atom stereocenters. The Morgan fingerprint density at radius 3 is 2.10 bits per heavy atom. The van der Waals surface area contributed by atoms with Crippen LogP contribution in [-0.2, 0) is 0 Å². The molecule has 1 heterocycles. The van der Waals surface area contributed by atoms with Gasteiger partial charge in [-0.25, -0.2) is 0 Å². The molecule has 0 radical (unpaired) electrons. The van der Waals surface area contributed by atoms with Gasteiger partial charge in [-0.2, -0.15) is 0 Å². The lowest BCUT2D eigenvalue weighted by atomic mass is 9.48. The van der Waals surface area contributed by atoms with Crippen LogP contribution in [0.3, 0.4) is 0 Å². The van der Waals surface area contributed by atoms with Gasteiger partial charge in [0.1, 0.15) is 0 Å². The van der Waals surface area contributed by atoms with Crippen LogP contribution in [0.2, 0.25) is 0 Å². The molecule has 5 fully saturated rings. The highest BCUT2D eigenvalue weighted by Crippen LogP contribution is 2.60. The average molecular weight is 290 g/mol. The fourth-order valence-electron chi connectivity index (χ4n) is 6.82. The summed E-state index contributed by atoms with van der Waals surface area (Å²) < 4.78 is 0. The average Bonchev–Trinajstić information content (AvgIpc) is 2.60. The minimum absolute atomic E-state index is 0.383. The first-order valence-corrected chi connectivity index (χ1v) is 9.48. The molecule has 21 heavy (non-hydrogen) atoms. The second-order valence-electron chi connectivity index (χ2n) is 9.50. The summed E-state index contributed by atoms with van der Waals surface area (Å²) in [6.07, 6.45) is 11.6. The van der Waals surface area contributed by atoms with E-state index in [4.69, 9.17) is 5.73 Å². The van der Waals surface area contributed by atoms with E-state index >= 15 is 0 Å². The van der Waals surface area contributed by atoms with Gasteiger partial charge in [0.2, 0.25) is 0 Å². The maximum Gasteiger partial charge on any atom is 0.0388 e. The predicted octanol–water partition coefficient (Wildman–Crippen LogP) is 3.65. The number of hydrogen-bond donors (Lipinski definition) is 1. The van der Waals surface area contributed by atoms with Crippen LogP contribution in [0.15, 0.2) is 0 Å². The summed E-state index contributed by atoms with van der Waals surface area (Å²) in [4.78, 5) is 2.90. The van der Waals surface area contributed by atoms with Crippen molar-refractivity contribution >= 4 is 0 Å². The molecule has 5 aliphatic rings. The molecule has 2 nitrogen and oxygen atoms in total. The molecule has 4 aliphatic carbocycles. The van der Waals surface area contributed by atoms with E-state index in [1.165, 1.54) is 58.0 Å². The van der Waals surface area contributed by atoms with Gasteiger partial charge in [0.05, 0.1) is 0 Å². The SMILES string of the molecule is CC1(C)CCCN(C2(CN)C3CC4CC(C3)CC2C4)CC1. The molecule has 0 amide bonds. The van der Waals surface area contributed by atoms with Crippen molar-refractivity contribution in [1.29, 1.82) is 0 Å². The predicted molar refractivity (Wildman–Crippen MR) is 88.0 cm³/mol. The molecule has 0 aromatic rings. The topological polar surface area (TPSA) is 29.3 Å². The highest BCUT2D eigenvalue weighted by atomic mass is 15.2. The van der Waals surface area contributed by atoms with Crippen LogP contribution in [0.4, 0.5) is 0 Å². The van der Waals surface area contributed by atoms with E-state index in [1.807, 2.05) is 0 Å². The fraction of sp³-hybridized carbons (Fsp3) is 1.00. The molecule has 0 aromatic carbocycles. The van der Waals surface area contributed by atoms with Gasteiger partial charge in [-0.3, -0.25) is 4.90 Å². The standard InChI is InChI=1S/C19H34N2/c1-18(2)4-3-6-21(7-5-18)19(13-20)16-9-14-8-15(11-16)12-17(19)10-14/h14-17H,3-13,20H2,1-2H3. The van der Waals surface area contributed by atoms with Crippen LogP contribution in [0.1, 0.15) is 65.2 Å². The van der Waals surface area contributed by atoms with E-state index < -0.39 is 0 Å². The third-order valence-electron chi connectivity index (χ3n) is 7.81. The minimum atomic E-state index is 0.383. The zero-order valence-electron chi connectivity index (χ0n) is 14.1. The summed E-state index contributed by atoms with van der Waals surface area (Å²) in [6.45, 7) is 8.45. The summed E-state index contributed by atoms with van der Waals surface area (Å²) in [7, 11) is 0. The van der Waals surface area contributed by atoms with Gasteiger partial charge in [-0.1, -0.05) is 13.8 Å². The molecular weight excluding hydrogens is 256 g/mol. The lowest BCUT2D eigenvalue weighted by Crippen LogP contribution is -2.69. The lowest BCUT2D eigenvalue weighted by molar-refractivity contribution is -0.131. The third kappa shape index (κ3) is 2.20. The molecule has 4 saturated carbocycles. The van der Waals surface area contributed by atoms with Crippen molar-refractivity contribution in [2.45, 2.75) is 70.8 Å². The van der Waals surface area contributed by atoms with Gasteiger partial charge in [-0.15, -0.1) is 0 Å². The third-order valence-corrected chi connectivity index (χ3v) is 7.81. The van der Waals surface area contributed by atoms with Crippen molar-refractivity contribution in [1.82, 2.24) is 4.90 Å². The van der Waals surface area contributed by atoms with Gasteiger partial charge in [0, 0.05) is 12.1 Å². The van der Waals surface area contributed by atoms with Gasteiger partial charge < -0.3 is 5.73 Å². The summed E-state index contributed by atoms with van der Waals surface area (Å²) in [5.74, 6) is 3.94. The monoisotopic (exact) mass is 290 g/mol. The summed E-state index contributed by atoms with van der Waals surface area (Å²) in [5.41, 5.74) is 7.42. The minimum Gasteiger partial charge on any atom is -0.329 e. The van der Waals surface area contributed by atoms with Crippen molar-refractivity contribution in [3.05, 3.63) is 0 Å². The molecule has 0 unspecified atom stereocenters. The molecule has 1 aliphatic heterocycles. The number of hydrogen-bond acceptors (Lipinski definition) is 2. The first-order chi connectivity index (χ1) is 10.0. The highest BCUT2D eigenvalue weighted by Gasteiger charge is 2.58. The Kier molecular flexibility index (Phi) is 3.43. The van der Waals surface area contributed by atoms with Crippen molar-refractivity contribution in [3.63, 3.8) is 0 Å². The van der Waals surface area contributed by atoms with Crippen LogP contribution in [0.25, 0.3) is 0 Å². The lowest BCUT2D eigenvalue weighted by Gasteiger charge is -2.64. The molecule has 1 saturated heterocycles. The quantitative estimate of drug-likeness (QED) is 0.841. The summed E-state index contributed by atoms with van der Waals surface area (Å²) >= 11 is 0. The number of rotatable bonds is 2. The molecule has 0 spiro atoms. The van der Waals surface area contributed by atoms with E-state index in [2.05, 4.69) is 18.7 Å². The number of nitrogens with zero attached hydrogens (tertiary/aromatic N) is 1. The molecule has 2 N–H and O–H groups in total. The molecule has 120 valence electrons. The van der Waals surface area contributed by atoms with E-state index in [0.717, 1.165) is 30.2 Å². The summed E-state index contributed by atoms with van der Waals surface area (Å²) in [6, 6.07) is 0. The van der Waals surface area contributed by atoms with E-state index in [9.17, 15) is 0 Å². The van der Waals surface area contributed by atoms with Crippen molar-refractivity contribution in [3.8, 4) is 0 Å². The molecule has 2 heteroatoms. The Morgan fingerprint density at radius 1 is 0.905 bits per heavy atom. The maximum absolute atomic E-state index is 6.50. The van der Waals surface area contributed by atoms with Crippen LogP contribution in [-0.4, -0.2) is 30.1 Å². The normalized spacial score (nSPS) is 49.3. The number of nitrogens with two attached hydrogens (primary N) is 1. The fourth-order valence-corrected chi connectivity index (χ4v) is 6.82. The zero-order chi connectivity index (χ0) is 14.7.